The lowest BCUT2D eigenvalue weighted by atomic mass is 10.0. The van der Waals surface area contributed by atoms with Crippen LogP contribution in [-0.4, -0.2) is 19.0 Å². The van der Waals surface area contributed by atoms with Crippen LogP contribution in [0.15, 0.2) is 42.5 Å². The van der Waals surface area contributed by atoms with Crippen LogP contribution < -0.4 is 10.2 Å². The summed E-state index contributed by atoms with van der Waals surface area (Å²) in [5.74, 6) is -0.0779. The van der Waals surface area contributed by atoms with E-state index < -0.39 is 0 Å². The fraction of sp³-hybridized carbons (Fsp3) is 0.211. The molecule has 2 heterocycles. The van der Waals surface area contributed by atoms with E-state index in [-0.39, 0.29) is 5.91 Å². The number of rotatable bonds is 2. The largest absolute Gasteiger partial charge is 0.372 e. The highest BCUT2D eigenvalue weighted by molar-refractivity contribution is 6.36. The summed E-state index contributed by atoms with van der Waals surface area (Å²) >= 11 is 5.98. The van der Waals surface area contributed by atoms with Crippen LogP contribution in [0, 0.1) is 0 Å². The Kier molecular flexibility index (Phi) is 3.58. The number of benzene rings is 2. The molecule has 2 aliphatic heterocycles. The van der Waals surface area contributed by atoms with Gasteiger partial charge in [-0.3, -0.25) is 4.79 Å². The fourth-order valence-corrected chi connectivity index (χ4v) is 3.41. The Labute approximate surface area is 140 Å². The van der Waals surface area contributed by atoms with Crippen LogP contribution in [0.5, 0.6) is 0 Å². The summed E-state index contributed by atoms with van der Waals surface area (Å²) in [5, 5.41) is 3.49. The maximum Gasteiger partial charge on any atom is 0.256 e. The van der Waals surface area contributed by atoms with Crippen molar-refractivity contribution in [2.24, 2.45) is 0 Å². The zero-order chi connectivity index (χ0) is 15.8. The van der Waals surface area contributed by atoms with Gasteiger partial charge in [-0.15, -0.1) is 0 Å². The molecule has 0 unspecified atom stereocenters. The van der Waals surface area contributed by atoms with Crippen molar-refractivity contribution in [1.29, 1.82) is 0 Å². The first kappa shape index (κ1) is 14.3. The smallest absolute Gasteiger partial charge is 0.256 e. The summed E-state index contributed by atoms with van der Waals surface area (Å²) in [6.07, 6.45) is 4.47. The molecule has 3 nitrogen and oxygen atoms in total. The minimum absolute atomic E-state index is 0.0779. The number of hydrogen-bond acceptors (Lipinski definition) is 2. The van der Waals surface area contributed by atoms with Gasteiger partial charge in [0.1, 0.15) is 0 Å². The molecule has 4 rings (SSSR count). The maximum absolute atomic E-state index is 12.2. The first-order valence-electron chi connectivity index (χ1n) is 7.89. The highest BCUT2D eigenvalue weighted by Gasteiger charge is 2.24. The first-order valence-corrected chi connectivity index (χ1v) is 8.26. The van der Waals surface area contributed by atoms with Crippen molar-refractivity contribution < 1.29 is 4.79 Å². The standard InChI is InChI=1S/C19H17ClN2O/c20-14-5-8-16-17(19(23)21-18(16)12-14)11-13-3-6-15(7-4-13)22-9-1-2-10-22/h3-8,11-12H,1-2,9-10H2,(H,21,23)/b17-11+. The predicted molar refractivity (Wildman–Crippen MR) is 95.8 cm³/mol. The van der Waals surface area contributed by atoms with Gasteiger partial charge >= 0.3 is 0 Å². The molecule has 1 amide bonds. The lowest BCUT2D eigenvalue weighted by Crippen LogP contribution is -2.17. The van der Waals surface area contributed by atoms with Gasteiger partial charge in [-0.1, -0.05) is 29.8 Å². The van der Waals surface area contributed by atoms with Crippen LogP contribution in [-0.2, 0) is 4.79 Å². The molecule has 2 aromatic rings. The lowest BCUT2D eigenvalue weighted by molar-refractivity contribution is -0.110. The van der Waals surface area contributed by atoms with Crippen molar-refractivity contribution in [3.05, 3.63) is 58.6 Å². The number of nitrogens with one attached hydrogen (secondary N) is 1. The highest BCUT2D eigenvalue weighted by Crippen LogP contribution is 2.35. The molecule has 1 saturated heterocycles. The van der Waals surface area contributed by atoms with E-state index in [4.69, 9.17) is 11.6 Å². The minimum Gasteiger partial charge on any atom is -0.372 e. The summed E-state index contributed by atoms with van der Waals surface area (Å²) in [4.78, 5) is 14.6. The molecule has 2 aliphatic rings. The highest BCUT2D eigenvalue weighted by atomic mass is 35.5. The van der Waals surface area contributed by atoms with Gasteiger partial charge in [0.2, 0.25) is 0 Å². The van der Waals surface area contributed by atoms with Gasteiger partial charge in [0.15, 0.2) is 0 Å². The first-order chi connectivity index (χ1) is 11.2. The lowest BCUT2D eigenvalue weighted by Gasteiger charge is -2.17. The fourth-order valence-electron chi connectivity index (χ4n) is 3.23. The summed E-state index contributed by atoms with van der Waals surface area (Å²) in [6.45, 7) is 2.27. The zero-order valence-corrected chi connectivity index (χ0v) is 13.4. The van der Waals surface area contributed by atoms with E-state index in [0.29, 0.717) is 10.6 Å². The number of nitrogens with zero attached hydrogens (tertiary/aromatic N) is 1. The van der Waals surface area contributed by atoms with E-state index in [1.54, 1.807) is 6.07 Å². The number of anilines is 2. The van der Waals surface area contributed by atoms with Crippen LogP contribution in [0.2, 0.25) is 5.02 Å². The Hall–Kier alpha value is -2.26. The molecule has 0 bridgehead atoms. The van der Waals surface area contributed by atoms with Gasteiger partial charge in [0, 0.05) is 34.9 Å². The van der Waals surface area contributed by atoms with Gasteiger partial charge in [0.25, 0.3) is 5.91 Å². The van der Waals surface area contributed by atoms with Crippen molar-refractivity contribution in [2.45, 2.75) is 12.8 Å². The monoisotopic (exact) mass is 324 g/mol. The Morgan fingerprint density at radius 3 is 2.52 bits per heavy atom. The molecular weight excluding hydrogens is 308 g/mol. The number of carbonyl (C=O) groups is 1. The van der Waals surface area contributed by atoms with E-state index in [0.717, 1.165) is 29.9 Å². The Morgan fingerprint density at radius 2 is 1.78 bits per heavy atom. The molecule has 1 fully saturated rings. The van der Waals surface area contributed by atoms with E-state index in [2.05, 4.69) is 34.5 Å². The zero-order valence-electron chi connectivity index (χ0n) is 12.7. The third-order valence-electron chi connectivity index (χ3n) is 4.44. The average Bonchev–Trinajstić information content (AvgIpc) is 3.17. The number of carbonyl (C=O) groups excluding carboxylic acids is 1. The Balaban J connectivity index is 1.64. The second-order valence-electron chi connectivity index (χ2n) is 5.99. The van der Waals surface area contributed by atoms with Gasteiger partial charge in [-0.25, -0.2) is 0 Å². The van der Waals surface area contributed by atoms with Crippen molar-refractivity contribution in [3.8, 4) is 0 Å². The quantitative estimate of drug-likeness (QED) is 0.829. The predicted octanol–water partition coefficient (Wildman–Crippen LogP) is 4.43. The molecule has 0 aliphatic carbocycles. The van der Waals surface area contributed by atoms with Crippen LogP contribution in [0.3, 0.4) is 0 Å². The molecule has 0 radical (unpaired) electrons. The Morgan fingerprint density at radius 1 is 1.04 bits per heavy atom. The van der Waals surface area contributed by atoms with Gasteiger partial charge in [-0.05, 0) is 48.7 Å². The van der Waals surface area contributed by atoms with E-state index in [1.165, 1.54) is 18.5 Å². The van der Waals surface area contributed by atoms with Crippen LogP contribution in [0.4, 0.5) is 11.4 Å². The molecule has 0 aromatic heterocycles. The molecule has 1 N–H and O–H groups in total. The molecule has 23 heavy (non-hydrogen) atoms. The second-order valence-corrected chi connectivity index (χ2v) is 6.42. The topological polar surface area (TPSA) is 32.3 Å². The van der Waals surface area contributed by atoms with Crippen molar-refractivity contribution in [1.82, 2.24) is 0 Å². The van der Waals surface area contributed by atoms with Crippen LogP contribution in [0.25, 0.3) is 11.6 Å². The number of amides is 1. The third-order valence-corrected chi connectivity index (χ3v) is 4.68. The molecule has 0 saturated carbocycles. The molecule has 0 atom stereocenters. The molecular formula is C19H17ClN2O. The molecule has 0 spiro atoms. The number of fused-ring (bicyclic) bond motifs is 1. The Bertz CT molecular complexity index is 790. The van der Waals surface area contributed by atoms with E-state index in [9.17, 15) is 4.79 Å². The van der Waals surface area contributed by atoms with Crippen molar-refractivity contribution in [2.75, 3.05) is 23.3 Å². The van der Waals surface area contributed by atoms with Crippen LogP contribution >= 0.6 is 11.6 Å². The van der Waals surface area contributed by atoms with Gasteiger partial charge in [-0.2, -0.15) is 0 Å². The summed E-state index contributed by atoms with van der Waals surface area (Å²) in [7, 11) is 0. The van der Waals surface area contributed by atoms with E-state index in [1.807, 2.05) is 18.2 Å². The number of hydrogen-bond donors (Lipinski definition) is 1. The van der Waals surface area contributed by atoms with Crippen molar-refractivity contribution in [3.63, 3.8) is 0 Å². The van der Waals surface area contributed by atoms with Crippen LogP contribution in [0.1, 0.15) is 24.0 Å². The maximum atomic E-state index is 12.2. The van der Waals surface area contributed by atoms with E-state index >= 15 is 0 Å². The normalized spacial score (nSPS) is 18.4. The van der Waals surface area contributed by atoms with Gasteiger partial charge in [0.05, 0.1) is 5.69 Å². The summed E-state index contributed by atoms with van der Waals surface area (Å²) in [5.41, 5.74) is 4.66. The minimum atomic E-state index is -0.0779. The SMILES string of the molecule is O=C1Nc2cc(Cl)ccc2/C1=C\c1ccc(N2CCCC2)cc1. The second kappa shape index (κ2) is 5.74. The van der Waals surface area contributed by atoms with Crippen molar-refractivity contribution >= 4 is 40.5 Å². The molecule has 116 valence electrons. The average molecular weight is 325 g/mol. The molecule has 2 aromatic carbocycles. The summed E-state index contributed by atoms with van der Waals surface area (Å²) in [6, 6.07) is 13.9. The number of halogens is 1. The van der Waals surface area contributed by atoms with Gasteiger partial charge < -0.3 is 10.2 Å². The summed E-state index contributed by atoms with van der Waals surface area (Å²) < 4.78 is 0. The third kappa shape index (κ3) is 2.73. The molecule has 4 heteroatoms.